The minimum Gasteiger partial charge on any atom is -0.394 e. The summed E-state index contributed by atoms with van der Waals surface area (Å²) in [5, 5.41) is 12.5. The van der Waals surface area contributed by atoms with E-state index in [1.807, 2.05) is 20.0 Å². The van der Waals surface area contributed by atoms with Gasteiger partial charge in [0.25, 0.3) is 0 Å². The van der Waals surface area contributed by atoms with Gasteiger partial charge in [0, 0.05) is 26.3 Å². The second kappa shape index (κ2) is 6.68. The number of aliphatic hydroxyl groups is 1. The molecule has 6 nitrogen and oxygen atoms in total. The third-order valence-electron chi connectivity index (χ3n) is 3.33. The molecule has 1 saturated heterocycles. The van der Waals surface area contributed by atoms with Crippen molar-refractivity contribution in [2.45, 2.75) is 32.4 Å². The molecule has 0 spiro atoms. The summed E-state index contributed by atoms with van der Waals surface area (Å²) in [7, 11) is 1.84. The lowest BCUT2D eigenvalue weighted by Crippen LogP contribution is -2.33. The van der Waals surface area contributed by atoms with Crippen LogP contribution in [0.15, 0.2) is 6.07 Å². The van der Waals surface area contributed by atoms with Gasteiger partial charge in [-0.25, -0.2) is 9.97 Å². The Hall–Kier alpha value is -1.40. The Morgan fingerprint density at radius 3 is 3.05 bits per heavy atom. The molecule has 1 aromatic heterocycles. The van der Waals surface area contributed by atoms with Gasteiger partial charge in [0.2, 0.25) is 0 Å². The van der Waals surface area contributed by atoms with Crippen molar-refractivity contribution in [1.82, 2.24) is 9.97 Å². The fourth-order valence-electron chi connectivity index (χ4n) is 2.34. The largest absolute Gasteiger partial charge is 0.394 e. The Bertz CT molecular complexity index is 414. The molecule has 0 radical (unpaired) electrons. The summed E-state index contributed by atoms with van der Waals surface area (Å²) < 4.78 is 5.37. The number of hydrogen-bond acceptors (Lipinski definition) is 6. The van der Waals surface area contributed by atoms with Crippen molar-refractivity contribution in [2.75, 3.05) is 37.0 Å². The van der Waals surface area contributed by atoms with Crippen LogP contribution in [-0.2, 0) is 11.3 Å². The number of nitrogens with zero attached hydrogens (tertiary/aromatic N) is 3. The highest BCUT2D eigenvalue weighted by atomic mass is 16.5. The van der Waals surface area contributed by atoms with Crippen LogP contribution in [-0.4, -0.2) is 47.9 Å². The standard InChI is InChI=1S/C13H22N4O2/c1-3-19-9-12-15-11(14-2)7-13(16-12)17-6-4-5-10(17)8-18/h7,10,18H,3-6,8-9H2,1-2H3,(H,14,15,16). The molecule has 6 heteroatoms. The normalized spacial score (nSPS) is 18.9. The monoisotopic (exact) mass is 266 g/mol. The Balaban J connectivity index is 2.23. The molecule has 1 aromatic rings. The summed E-state index contributed by atoms with van der Waals surface area (Å²) in [6, 6.07) is 2.09. The van der Waals surface area contributed by atoms with Gasteiger partial charge >= 0.3 is 0 Å². The number of hydrogen-bond donors (Lipinski definition) is 2. The molecule has 0 amide bonds. The molecular weight excluding hydrogens is 244 g/mol. The zero-order valence-corrected chi connectivity index (χ0v) is 11.6. The van der Waals surface area contributed by atoms with E-state index in [1.165, 1.54) is 0 Å². The summed E-state index contributed by atoms with van der Waals surface area (Å²) >= 11 is 0. The zero-order valence-electron chi connectivity index (χ0n) is 11.6. The molecule has 0 bridgehead atoms. The van der Waals surface area contributed by atoms with E-state index >= 15 is 0 Å². The molecule has 1 unspecified atom stereocenters. The summed E-state index contributed by atoms with van der Waals surface area (Å²) in [6.45, 7) is 4.10. The van der Waals surface area contributed by atoms with Crippen molar-refractivity contribution in [1.29, 1.82) is 0 Å². The van der Waals surface area contributed by atoms with Gasteiger partial charge in [0.1, 0.15) is 18.2 Å². The van der Waals surface area contributed by atoms with E-state index in [9.17, 15) is 5.11 Å². The van der Waals surface area contributed by atoms with Crippen LogP contribution < -0.4 is 10.2 Å². The molecule has 1 fully saturated rings. The second-order valence-corrected chi connectivity index (χ2v) is 4.59. The molecular formula is C13H22N4O2. The third-order valence-corrected chi connectivity index (χ3v) is 3.33. The fourth-order valence-corrected chi connectivity index (χ4v) is 2.34. The van der Waals surface area contributed by atoms with E-state index in [2.05, 4.69) is 20.2 Å². The molecule has 1 atom stereocenters. The number of rotatable bonds is 6. The van der Waals surface area contributed by atoms with Gasteiger partial charge in [0.15, 0.2) is 5.82 Å². The number of nitrogens with one attached hydrogen (secondary N) is 1. The summed E-state index contributed by atoms with van der Waals surface area (Å²) in [4.78, 5) is 11.1. The van der Waals surface area contributed by atoms with Crippen molar-refractivity contribution >= 4 is 11.6 Å². The van der Waals surface area contributed by atoms with Crippen LogP contribution in [0.5, 0.6) is 0 Å². The summed E-state index contributed by atoms with van der Waals surface area (Å²) in [5.41, 5.74) is 0. The van der Waals surface area contributed by atoms with E-state index in [-0.39, 0.29) is 12.6 Å². The van der Waals surface area contributed by atoms with Crippen molar-refractivity contribution in [3.63, 3.8) is 0 Å². The predicted octanol–water partition coefficient (Wildman–Crippen LogP) is 1.02. The van der Waals surface area contributed by atoms with E-state index in [1.54, 1.807) is 0 Å². The predicted molar refractivity (Wildman–Crippen MR) is 74.4 cm³/mol. The Morgan fingerprint density at radius 1 is 1.53 bits per heavy atom. The van der Waals surface area contributed by atoms with Crippen LogP contribution in [0.4, 0.5) is 11.6 Å². The first kappa shape index (κ1) is 14.0. The Kier molecular flexibility index (Phi) is 4.93. The molecule has 106 valence electrons. The maximum absolute atomic E-state index is 9.41. The van der Waals surface area contributed by atoms with Crippen molar-refractivity contribution in [2.24, 2.45) is 0 Å². The van der Waals surface area contributed by atoms with Gasteiger partial charge < -0.3 is 20.1 Å². The number of aliphatic hydroxyl groups excluding tert-OH is 1. The molecule has 1 aliphatic rings. The lowest BCUT2D eigenvalue weighted by molar-refractivity contribution is 0.128. The molecule has 2 N–H and O–H groups in total. The molecule has 0 aromatic carbocycles. The average molecular weight is 266 g/mol. The van der Waals surface area contributed by atoms with Crippen LogP contribution >= 0.6 is 0 Å². The highest BCUT2D eigenvalue weighted by Crippen LogP contribution is 2.25. The van der Waals surface area contributed by atoms with Gasteiger partial charge in [-0.15, -0.1) is 0 Å². The third kappa shape index (κ3) is 3.33. The van der Waals surface area contributed by atoms with Crippen molar-refractivity contribution in [3.8, 4) is 0 Å². The smallest absolute Gasteiger partial charge is 0.158 e. The second-order valence-electron chi connectivity index (χ2n) is 4.59. The Labute approximate surface area is 113 Å². The van der Waals surface area contributed by atoms with E-state index in [0.717, 1.165) is 31.0 Å². The van der Waals surface area contributed by atoms with E-state index in [4.69, 9.17) is 4.74 Å². The van der Waals surface area contributed by atoms with Gasteiger partial charge in [-0.05, 0) is 19.8 Å². The maximum atomic E-state index is 9.41. The number of ether oxygens (including phenoxy) is 1. The first-order valence-electron chi connectivity index (χ1n) is 6.79. The number of anilines is 2. The molecule has 0 aliphatic carbocycles. The lowest BCUT2D eigenvalue weighted by Gasteiger charge is -2.24. The summed E-state index contributed by atoms with van der Waals surface area (Å²) in [6.07, 6.45) is 2.10. The highest BCUT2D eigenvalue weighted by Gasteiger charge is 2.25. The topological polar surface area (TPSA) is 70.5 Å². The SMILES string of the molecule is CCOCc1nc(NC)cc(N2CCCC2CO)n1. The fraction of sp³-hybridized carbons (Fsp3) is 0.692. The van der Waals surface area contributed by atoms with Crippen molar-refractivity contribution < 1.29 is 9.84 Å². The van der Waals surface area contributed by atoms with Crippen LogP contribution in [0.1, 0.15) is 25.6 Å². The lowest BCUT2D eigenvalue weighted by atomic mass is 10.2. The van der Waals surface area contributed by atoms with Gasteiger partial charge in [-0.1, -0.05) is 0 Å². The molecule has 1 aliphatic heterocycles. The first-order chi connectivity index (χ1) is 9.28. The molecule has 19 heavy (non-hydrogen) atoms. The van der Waals surface area contributed by atoms with Gasteiger partial charge in [0.05, 0.1) is 12.6 Å². The van der Waals surface area contributed by atoms with Crippen LogP contribution in [0, 0.1) is 0 Å². The first-order valence-corrected chi connectivity index (χ1v) is 6.79. The molecule has 2 heterocycles. The maximum Gasteiger partial charge on any atom is 0.158 e. The van der Waals surface area contributed by atoms with Crippen LogP contribution in [0.2, 0.25) is 0 Å². The van der Waals surface area contributed by atoms with Crippen LogP contribution in [0.25, 0.3) is 0 Å². The Morgan fingerprint density at radius 2 is 2.37 bits per heavy atom. The molecule has 2 rings (SSSR count). The zero-order chi connectivity index (χ0) is 13.7. The van der Waals surface area contributed by atoms with Crippen molar-refractivity contribution in [3.05, 3.63) is 11.9 Å². The number of aromatic nitrogens is 2. The quantitative estimate of drug-likeness (QED) is 0.801. The minimum absolute atomic E-state index is 0.166. The van der Waals surface area contributed by atoms with Gasteiger partial charge in [-0.3, -0.25) is 0 Å². The summed E-state index contributed by atoms with van der Waals surface area (Å²) in [5.74, 6) is 2.32. The minimum atomic E-state index is 0.166. The van der Waals surface area contributed by atoms with E-state index < -0.39 is 0 Å². The average Bonchev–Trinajstić information content (AvgIpc) is 2.93. The van der Waals surface area contributed by atoms with E-state index in [0.29, 0.717) is 19.0 Å². The van der Waals surface area contributed by atoms with Gasteiger partial charge in [-0.2, -0.15) is 0 Å². The molecule has 0 saturated carbocycles. The van der Waals surface area contributed by atoms with Crippen LogP contribution in [0.3, 0.4) is 0 Å². The highest BCUT2D eigenvalue weighted by molar-refractivity contribution is 5.50.